The summed E-state index contributed by atoms with van der Waals surface area (Å²) < 4.78 is 27.0. The molecule has 94 valence electrons. The first-order chi connectivity index (χ1) is 8.56. The van der Waals surface area contributed by atoms with Crippen LogP contribution in [0.3, 0.4) is 0 Å². The van der Waals surface area contributed by atoms with Gasteiger partial charge in [-0.05, 0) is 47.9 Å². The summed E-state index contributed by atoms with van der Waals surface area (Å²) in [6, 6.07) is 10.3. The quantitative estimate of drug-likeness (QED) is 0.912. The lowest BCUT2D eigenvalue weighted by molar-refractivity contribution is 0.613. The summed E-state index contributed by atoms with van der Waals surface area (Å²) in [6.45, 7) is 0. The van der Waals surface area contributed by atoms with E-state index in [1.54, 1.807) is 18.2 Å². The predicted molar refractivity (Wildman–Crippen MR) is 71.1 cm³/mol. The smallest absolute Gasteiger partial charge is 0.123 e. The van der Waals surface area contributed by atoms with Crippen molar-refractivity contribution < 1.29 is 8.78 Å². The van der Waals surface area contributed by atoms with E-state index in [0.29, 0.717) is 12.0 Å². The average molecular weight is 312 g/mol. The topological polar surface area (TPSA) is 26.0 Å². The molecular formula is C14H12BrF2N. The fourth-order valence-electron chi connectivity index (χ4n) is 1.83. The molecule has 0 spiro atoms. The van der Waals surface area contributed by atoms with Crippen LogP contribution in [0.25, 0.3) is 0 Å². The molecule has 2 aromatic carbocycles. The molecule has 0 aliphatic heterocycles. The molecule has 2 aromatic rings. The number of hydrogen-bond acceptors (Lipinski definition) is 1. The van der Waals surface area contributed by atoms with Crippen LogP contribution in [0.2, 0.25) is 0 Å². The first-order valence-corrected chi connectivity index (χ1v) is 6.30. The van der Waals surface area contributed by atoms with Gasteiger partial charge in [0.15, 0.2) is 0 Å². The molecule has 0 aromatic heterocycles. The number of benzene rings is 2. The SMILES string of the molecule is NC(Cc1cccc(F)c1)c1cc(F)ccc1Br. The van der Waals surface area contributed by atoms with Crippen molar-refractivity contribution in [1.29, 1.82) is 0 Å². The van der Waals surface area contributed by atoms with Crippen molar-refractivity contribution >= 4 is 15.9 Å². The highest BCUT2D eigenvalue weighted by Crippen LogP contribution is 2.25. The summed E-state index contributed by atoms with van der Waals surface area (Å²) in [5.41, 5.74) is 7.50. The molecule has 0 aliphatic carbocycles. The minimum absolute atomic E-state index is 0.294. The molecule has 0 saturated heterocycles. The third kappa shape index (κ3) is 3.15. The van der Waals surface area contributed by atoms with Crippen LogP contribution in [0.5, 0.6) is 0 Å². The monoisotopic (exact) mass is 311 g/mol. The normalized spacial score (nSPS) is 12.4. The highest BCUT2D eigenvalue weighted by molar-refractivity contribution is 9.10. The van der Waals surface area contributed by atoms with Gasteiger partial charge in [0.2, 0.25) is 0 Å². The Kier molecular flexibility index (Phi) is 4.09. The molecular weight excluding hydrogens is 300 g/mol. The van der Waals surface area contributed by atoms with Crippen LogP contribution in [0, 0.1) is 11.6 Å². The highest BCUT2D eigenvalue weighted by Gasteiger charge is 2.12. The number of hydrogen-bond donors (Lipinski definition) is 1. The second-order valence-corrected chi connectivity index (χ2v) is 4.96. The summed E-state index contributed by atoms with van der Waals surface area (Å²) in [4.78, 5) is 0. The molecule has 4 heteroatoms. The van der Waals surface area contributed by atoms with Gasteiger partial charge in [-0.3, -0.25) is 0 Å². The molecule has 2 N–H and O–H groups in total. The molecule has 0 amide bonds. The summed E-state index contributed by atoms with van der Waals surface area (Å²) in [5, 5.41) is 0. The lowest BCUT2D eigenvalue weighted by Crippen LogP contribution is -2.14. The van der Waals surface area contributed by atoms with Gasteiger partial charge < -0.3 is 5.73 Å². The summed E-state index contributed by atoms with van der Waals surface area (Å²) in [6.07, 6.45) is 0.458. The van der Waals surface area contributed by atoms with E-state index in [9.17, 15) is 8.78 Å². The first kappa shape index (κ1) is 13.2. The maximum absolute atomic E-state index is 13.2. The van der Waals surface area contributed by atoms with Gasteiger partial charge in [-0.15, -0.1) is 0 Å². The second kappa shape index (κ2) is 5.59. The predicted octanol–water partition coefficient (Wildman–Crippen LogP) is 3.97. The molecule has 1 nitrogen and oxygen atoms in total. The van der Waals surface area contributed by atoms with Crippen molar-refractivity contribution in [3.8, 4) is 0 Å². The van der Waals surface area contributed by atoms with Crippen LogP contribution in [0.4, 0.5) is 8.78 Å². The van der Waals surface area contributed by atoms with Gasteiger partial charge in [-0.1, -0.05) is 28.1 Å². The van der Waals surface area contributed by atoms with Crippen LogP contribution in [-0.2, 0) is 6.42 Å². The van der Waals surface area contributed by atoms with E-state index in [0.717, 1.165) is 10.0 Å². The van der Waals surface area contributed by atoms with E-state index in [4.69, 9.17) is 5.73 Å². The summed E-state index contributed by atoms with van der Waals surface area (Å²) in [7, 11) is 0. The third-order valence-corrected chi connectivity index (χ3v) is 3.42. The van der Waals surface area contributed by atoms with E-state index >= 15 is 0 Å². The molecule has 2 rings (SSSR count). The Morgan fingerprint density at radius 3 is 2.50 bits per heavy atom. The maximum atomic E-state index is 13.2. The van der Waals surface area contributed by atoms with Crippen molar-refractivity contribution in [2.75, 3.05) is 0 Å². The molecule has 0 heterocycles. The first-order valence-electron chi connectivity index (χ1n) is 5.51. The van der Waals surface area contributed by atoms with Gasteiger partial charge in [0, 0.05) is 10.5 Å². The van der Waals surface area contributed by atoms with E-state index in [1.165, 1.54) is 24.3 Å². The summed E-state index contributed by atoms with van der Waals surface area (Å²) >= 11 is 3.34. The lowest BCUT2D eigenvalue weighted by atomic mass is 9.99. The van der Waals surface area contributed by atoms with Crippen molar-refractivity contribution in [1.82, 2.24) is 0 Å². The number of halogens is 3. The molecule has 0 bridgehead atoms. The van der Waals surface area contributed by atoms with Gasteiger partial charge in [-0.2, -0.15) is 0 Å². The van der Waals surface area contributed by atoms with Crippen LogP contribution in [0.15, 0.2) is 46.9 Å². The zero-order valence-corrected chi connectivity index (χ0v) is 11.1. The molecule has 1 atom stereocenters. The molecule has 1 unspecified atom stereocenters. The standard InChI is InChI=1S/C14H12BrF2N/c15-13-5-4-11(17)8-12(13)14(18)7-9-2-1-3-10(16)6-9/h1-6,8,14H,7,18H2. The van der Waals surface area contributed by atoms with Crippen molar-refractivity contribution in [3.63, 3.8) is 0 Å². The van der Waals surface area contributed by atoms with Gasteiger partial charge in [0.25, 0.3) is 0 Å². The van der Waals surface area contributed by atoms with Crippen molar-refractivity contribution in [3.05, 3.63) is 69.7 Å². The van der Waals surface area contributed by atoms with Crippen LogP contribution >= 0.6 is 15.9 Å². The number of nitrogens with two attached hydrogens (primary N) is 1. The third-order valence-electron chi connectivity index (χ3n) is 2.70. The van der Waals surface area contributed by atoms with Gasteiger partial charge in [0.1, 0.15) is 11.6 Å². The fourth-order valence-corrected chi connectivity index (χ4v) is 2.37. The Morgan fingerprint density at radius 1 is 1.06 bits per heavy atom. The Hall–Kier alpha value is -1.26. The molecule has 0 aliphatic rings. The van der Waals surface area contributed by atoms with Crippen molar-refractivity contribution in [2.45, 2.75) is 12.5 Å². The van der Waals surface area contributed by atoms with E-state index < -0.39 is 0 Å². The zero-order valence-electron chi connectivity index (χ0n) is 9.54. The second-order valence-electron chi connectivity index (χ2n) is 4.11. The lowest BCUT2D eigenvalue weighted by Gasteiger charge is -2.14. The Balaban J connectivity index is 2.21. The maximum Gasteiger partial charge on any atom is 0.123 e. The van der Waals surface area contributed by atoms with E-state index in [-0.39, 0.29) is 17.7 Å². The van der Waals surface area contributed by atoms with Crippen molar-refractivity contribution in [2.24, 2.45) is 5.73 Å². The molecule has 0 radical (unpaired) electrons. The number of rotatable bonds is 3. The van der Waals surface area contributed by atoms with Gasteiger partial charge >= 0.3 is 0 Å². The van der Waals surface area contributed by atoms with Gasteiger partial charge in [0.05, 0.1) is 0 Å². The zero-order chi connectivity index (χ0) is 13.1. The molecule has 0 saturated carbocycles. The Morgan fingerprint density at radius 2 is 1.78 bits per heavy atom. The summed E-state index contributed by atoms with van der Waals surface area (Å²) in [5.74, 6) is -0.624. The minimum atomic E-state index is -0.378. The average Bonchev–Trinajstić information content (AvgIpc) is 2.32. The van der Waals surface area contributed by atoms with E-state index in [2.05, 4.69) is 15.9 Å². The fraction of sp³-hybridized carbons (Fsp3) is 0.143. The Labute approximate surface area is 113 Å². The molecule has 0 fully saturated rings. The van der Waals surface area contributed by atoms with Gasteiger partial charge in [-0.25, -0.2) is 8.78 Å². The van der Waals surface area contributed by atoms with Crippen LogP contribution in [-0.4, -0.2) is 0 Å². The largest absolute Gasteiger partial charge is 0.324 e. The van der Waals surface area contributed by atoms with Crippen LogP contribution in [0.1, 0.15) is 17.2 Å². The highest BCUT2D eigenvalue weighted by atomic mass is 79.9. The molecule has 18 heavy (non-hydrogen) atoms. The minimum Gasteiger partial charge on any atom is -0.324 e. The van der Waals surface area contributed by atoms with E-state index in [1.807, 2.05) is 0 Å². The Bertz CT molecular complexity index is 557. The van der Waals surface area contributed by atoms with Crippen LogP contribution < -0.4 is 5.73 Å².